The van der Waals surface area contributed by atoms with Crippen LogP contribution >= 0.6 is 11.3 Å². The largest absolute Gasteiger partial charge is 0.369 e. The lowest BCUT2D eigenvalue weighted by Crippen LogP contribution is -2.12. The van der Waals surface area contributed by atoms with Gasteiger partial charge in [0.1, 0.15) is 17.0 Å². The van der Waals surface area contributed by atoms with Gasteiger partial charge in [-0.25, -0.2) is 23.5 Å². The Labute approximate surface area is 179 Å². The monoisotopic (exact) mass is 438 g/mol. The molecular weight excluding hydrogens is 416 g/mol. The van der Waals surface area contributed by atoms with Gasteiger partial charge in [-0.2, -0.15) is 0 Å². The molecule has 0 atom stereocenters. The third-order valence-electron chi connectivity index (χ3n) is 5.00. The van der Waals surface area contributed by atoms with Gasteiger partial charge in [-0.05, 0) is 49.1 Å². The molecule has 2 aromatic heterocycles. The van der Waals surface area contributed by atoms with Gasteiger partial charge in [-0.3, -0.25) is 0 Å². The molecule has 0 radical (unpaired) electrons. The Morgan fingerprint density at radius 1 is 1.03 bits per heavy atom. The summed E-state index contributed by atoms with van der Waals surface area (Å²) < 4.78 is 22.8. The van der Waals surface area contributed by atoms with Crippen molar-refractivity contribution in [2.24, 2.45) is 5.14 Å². The summed E-state index contributed by atoms with van der Waals surface area (Å²) >= 11 is 1.61. The maximum Gasteiger partial charge on any atom is 0.238 e. The van der Waals surface area contributed by atoms with Gasteiger partial charge in [0.25, 0.3) is 0 Å². The number of aromatic nitrogens is 2. The van der Waals surface area contributed by atoms with Crippen LogP contribution in [0.5, 0.6) is 0 Å². The predicted octanol–water partition coefficient (Wildman–Crippen LogP) is 4.28. The Hall–Kier alpha value is -2.81. The van der Waals surface area contributed by atoms with E-state index in [9.17, 15) is 8.42 Å². The average molecular weight is 439 g/mol. The Balaban J connectivity index is 1.57. The quantitative estimate of drug-likeness (QED) is 0.468. The number of benzene rings is 2. The van der Waals surface area contributed by atoms with E-state index in [1.807, 2.05) is 0 Å². The molecule has 0 aliphatic rings. The van der Waals surface area contributed by atoms with E-state index in [-0.39, 0.29) is 4.90 Å². The lowest BCUT2D eigenvalue weighted by molar-refractivity contribution is 0.598. The number of sulfonamides is 1. The van der Waals surface area contributed by atoms with Crippen LogP contribution in [-0.2, 0) is 16.4 Å². The first kappa shape index (κ1) is 20.5. The summed E-state index contributed by atoms with van der Waals surface area (Å²) in [6.07, 6.45) is 2.30. The zero-order valence-corrected chi connectivity index (χ0v) is 18.3. The normalized spacial score (nSPS) is 11.7. The SMILES string of the molecule is Cc1ccc(-c2csc3ncnc(NCCc4ccc(S(N)(=O)=O)cc4)c23)c(C)c1. The van der Waals surface area contributed by atoms with Crippen LogP contribution in [-0.4, -0.2) is 24.9 Å². The highest BCUT2D eigenvalue weighted by molar-refractivity contribution is 7.89. The maximum atomic E-state index is 11.4. The third-order valence-corrected chi connectivity index (χ3v) is 6.82. The molecule has 6 nitrogen and oxygen atoms in total. The second-order valence-corrected chi connectivity index (χ2v) is 9.66. The Bertz CT molecular complexity index is 1310. The molecule has 4 rings (SSSR count). The molecule has 0 spiro atoms. The smallest absolute Gasteiger partial charge is 0.238 e. The van der Waals surface area contributed by atoms with Gasteiger partial charge < -0.3 is 5.32 Å². The Kier molecular flexibility index (Phi) is 5.55. The summed E-state index contributed by atoms with van der Waals surface area (Å²) in [6.45, 7) is 4.87. The average Bonchev–Trinajstić information content (AvgIpc) is 3.12. The highest BCUT2D eigenvalue weighted by atomic mass is 32.2. The third kappa shape index (κ3) is 4.21. The fourth-order valence-electron chi connectivity index (χ4n) is 3.49. The number of aryl methyl sites for hydroxylation is 2. The van der Waals surface area contributed by atoms with E-state index in [0.29, 0.717) is 6.54 Å². The number of thiophene rings is 1. The molecule has 30 heavy (non-hydrogen) atoms. The van der Waals surface area contributed by atoms with Crippen molar-refractivity contribution in [1.82, 2.24) is 9.97 Å². The standard InChI is InChI=1S/C22H22N4O2S2/c1-14-3-8-18(15(2)11-14)19-12-29-22-20(19)21(25-13-26-22)24-10-9-16-4-6-17(7-5-16)30(23,27)28/h3-8,11-13H,9-10H2,1-2H3,(H2,23,27,28)(H,24,25,26). The zero-order chi connectivity index (χ0) is 21.3. The number of nitrogens with one attached hydrogen (secondary N) is 1. The van der Waals surface area contributed by atoms with E-state index in [1.54, 1.807) is 29.8 Å². The summed E-state index contributed by atoms with van der Waals surface area (Å²) in [5.41, 5.74) is 5.79. The van der Waals surface area contributed by atoms with Gasteiger partial charge in [0.2, 0.25) is 10.0 Å². The molecule has 0 saturated heterocycles. The van der Waals surface area contributed by atoms with Gasteiger partial charge in [0, 0.05) is 17.5 Å². The lowest BCUT2D eigenvalue weighted by Gasteiger charge is -2.10. The van der Waals surface area contributed by atoms with Crippen LogP contribution in [0, 0.1) is 13.8 Å². The fourth-order valence-corrected chi connectivity index (χ4v) is 4.92. The molecule has 0 bridgehead atoms. The second-order valence-electron chi connectivity index (χ2n) is 7.24. The van der Waals surface area contributed by atoms with Crippen molar-refractivity contribution >= 4 is 37.4 Å². The number of anilines is 1. The summed E-state index contributed by atoms with van der Waals surface area (Å²) in [5.74, 6) is 0.803. The minimum atomic E-state index is -3.67. The molecule has 0 aliphatic carbocycles. The Morgan fingerprint density at radius 2 is 1.80 bits per heavy atom. The highest BCUT2D eigenvalue weighted by Gasteiger charge is 2.14. The van der Waals surface area contributed by atoms with Gasteiger partial charge in [0.15, 0.2) is 0 Å². The summed E-state index contributed by atoms with van der Waals surface area (Å²) in [6, 6.07) is 13.1. The second kappa shape index (κ2) is 8.14. The lowest BCUT2D eigenvalue weighted by atomic mass is 9.99. The van der Waals surface area contributed by atoms with E-state index in [1.165, 1.54) is 28.8 Å². The molecule has 154 valence electrons. The summed E-state index contributed by atoms with van der Waals surface area (Å²) in [7, 11) is -3.67. The van der Waals surface area contributed by atoms with Crippen molar-refractivity contribution in [3.8, 4) is 11.1 Å². The number of nitrogens with two attached hydrogens (primary N) is 1. The highest BCUT2D eigenvalue weighted by Crippen LogP contribution is 2.38. The van der Waals surface area contributed by atoms with Crippen molar-refractivity contribution in [2.75, 3.05) is 11.9 Å². The van der Waals surface area contributed by atoms with E-state index in [4.69, 9.17) is 5.14 Å². The predicted molar refractivity (Wildman–Crippen MR) is 122 cm³/mol. The van der Waals surface area contributed by atoms with Crippen molar-refractivity contribution in [3.63, 3.8) is 0 Å². The molecule has 0 fully saturated rings. The number of primary sulfonamides is 1. The molecule has 4 aromatic rings. The zero-order valence-electron chi connectivity index (χ0n) is 16.7. The first-order chi connectivity index (χ1) is 14.3. The van der Waals surface area contributed by atoms with Crippen LogP contribution < -0.4 is 10.5 Å². The van der Waals surface area contributed by atoms with Crippen LogP contribution in [0.25, 0.3) is 21.3 Å². The van der Waals surface area contributed by atoms with Crippen molar-refractivity contribution in [2.45, 2.75) is 25.2 Å². The molecule has 0 aliphatic heterocycles. The topological polar surface area (TPSA) is 98.0 Å². The molecule has 0 amide bonds. The first-order valence-corrected chi connectivity index (χ1v) is 11.9. The number of hydrogen-bond acceptors (Lipinski definition) is 6. The van der Waals surface area contributed by atoms with Crippen molar-refractivity contribution < 1.29 is 8.42 Å². The van der Waals surface area contributed by atoms with E-state index < -0.39 is 10.0 Å². The molecule has 2 heterocycles. The summed E-state index contributed by atoms with van der Waals surface area (Å²) in [4.78, 5) is 9.97. The maximum absolute atomic E-state index is 11.4. The first-order valence-electron chi connectivity index (χ1n) is 9.48. The van der Waals surface area contributed by atoms with Crippen LogP contribution in [0.2, 0.25) is 0 Å². The number of hydrogen-bond donors (Lipinski definition) is 2. The van der Waals surface area contributed by atoms with E-state index in [0.717, 1.165) is 33.6 Å². The van der Waals surface area contributed by atoms with Crippen LogP contribution in [0.1, 0.15) is 16.7 Å². The molecule has 3 N–H and O–H groups in total. The Morgan fingerprint density at radius 3 is 2.50 bits per heavy atom. The number of rotatable bonds is 6. The van der Waals surface area contributed by atoms with E-state index >= 15 is 0 Å². The summed E-state index contributed by atoms with van der Waals surface area (Å²) in [5, 5.41) is 11.7. The molecule has 8 heteroatoms. The minimum Gasteiger partial charge on any atom is -0.369 e. The molecule has 2 aromatic carbocycles. The van der Waals surface area contributed by atoms with Gasteiger partial charge in [-0.1, -0.05) is 35.9 Å². The molecular formula is C22H22N4O2S2. The van der Waals surface area contributed by atoms with E-state index in [2.05, 4.69) is 52.7 Å². The van der Waals surface area contributed by atoms with Crippen LogP contribution in [0.4, 0.5) is 5.82 Å². The van der Waals surface area contributed by atoms with Gasteiger partial charge in [-0.15, -0.1) is 11.3 Å². The van der Waals surface area contributed by atoms with Crippen molar-refractivity contribution in [3.05, 3.63) is 70.9 Å². The van der Waals surface area contributed by atoms with Gasteiger partial charge in [0.05, 0.1) is 10.3 Å². The van der Waals surface area contributed by atoms with Crippen LogP contribution in [0.3, 0.4) is 0 Å². The fraction of sp³-hybridized carbons (Fsp3) is 0.182. The number of fused-ring (bicyclic) bond motifs is 1. The van der Waals surface area contributed by atoms with Crippen LogP contribution in [0.15, 0.2) is 59.1 Å². The number of nitrogens with zero attached hydrogens (tertiary/aromatic N) is 2. The molecule has 0 unspecified atom stereocenters. The molecule has 0 saturated carbocycles. The minimum absolute atomic E-state index is 0.119. The van der Waals surface area contributed by atoms with Crippen molar-refractivity contribution in [1.29, 1.82) is 0 Å². The van der Waals surface area contributed by atoms with Gasteiger partial charge >= 0.3 is 0 Å².